The number of Topliss-reactive ketones (excluding diaryl/α,β-unsaturated/α-hetero) is 1. The first-order valence-corrected chi connectivity index (χ1v) is 5.87. The van der Waals surface area contributed by atoms with Crippen LogP contribution in [-0.2, 0) is 0 Å². The maximum absolute atomic E-state index is 11.6. The zero-order chi connectivity index (χ0) is 11.3. The number of benzene rings is 1. The highest BCUT2D eigenvalue weighted by Gasteiger charge is 2.05. The predicted octanol–water partition coefficient (Wildman–Crippen LogP) is 4.01. The van der Waals surface area contributed by atoms with E-state index in [0.29, 0.717) is 18.2 Å². The fourth-order valence-electron chi connectivity index (χ4n) is 1.43. The van der Waals surface area contributed by atoms with Gasteiger partial charge in [-0.3, -0.25) is 4.79 Å². The minimum atomic E-state index is 0.186. The summed E-state index contributed by atoms with van der Waals surface area (Å²) in [5, 5.41) is 0. The zero-order valence-corrected chi connectivity index (χ0v) is 10.1. The molecule has 0 aromatic heterocycles. The molecular weight excluding hydrogens is 208 g/mol. The lowest BCUT2D eigenvalue weighted by Crippen LogP contribution is -1.99. The molecule has 0 unspecified atom stereocenters. The van der Waals surface area contributed by atoms with Crippen LogP contribution in [0.3, 0.4) is 0 Å². The van der Waals surface area contributed by atoms with Crippen LogP contribution >= 0.6 is 11.6 Å². The molecule has 0 saturated carbocycles. The highest BCUT2D eigenvalue weighted by atomic mass is 35.5. The molecule has 82 valence electrons. The first-order valence-electron chi connectivity index (χ1n) is 5.34. The van der Waals surface area contributed by atoms with Crippen LogP contribution in [0.4, 0.5) is 0 Å². The Morgan fingerprint density at radius 3 is 2.33 bits per heavy atom. The van der Waals surface area contributed by atoms with Crippen molar-refractivity contribution in [3.8, 4) is 0 Å². The number of carbonyl (C=O) groups excluding carboxylic acids is 1. The van der Waals surface area contributed by atoms with Gasteiger partial charge in [-0.25, -0.2) is 0 Å². The normalized spacial score (nSPS) is 10.7. The smallest absolute Gasteiger partial charge is 0.162 e. The number of hydrogen-bond donors (Lipinski definition) is 0. The third-order valence-electron chi connectivity index (χ3n) is 2.44. The van der Waals surface area contributed by atoms with Crippen molar-refractivity contribution in [1.29, 1.82) is 0 Å². The van der Waals surface area contributed by atoms with Gasteiger partial charge >= 0.3 is 0 Å². The summed E-state index contributed by atoms with van der Waals surface area (Å²) >= 11 is 5.55. The largest absolute Gasteiger partial charge is 0.294 e. The molecule has 0 aliphatic carbocycles. The van der Waals surface area contributed by atoms with Gasteiger partial charge in [-0.2, -0.15) is 0 Å². The molecule has 1 rings (SSSR count). The van der Waals surface area contributed by atoms with Crippen LogP contribution < -0.4 is 0 Å². The first-order chi connectivity index (χ1) is 7.15. The molecular formula is C13H17ClO. The molecule has 1 aromatic rings. The van der Waals surface area contributed by atoms with E-state index in [-0.39, 0.29) is 5.78 Å². The molecule has 0 amide bonds. The second-order valence-corrected chi connectivity index (χ2v) is 4.37. The molecule has 1 aromatic carbocycles. The molecule has 2 heteroatoms. The van der Waals surface area contributed by atoms with E-state index >= 15 is 0 Å². The van der Waals surface area contributed by atoms with E-state index in [1.54, 1.807) is 0 Å². The van der Waals surface area contributed by atoms with Gasteiger partial charge in [-0.05, 0) is 17.9 Å². The van der Waals surface area contributed by atoms with Gasteiger partial charge in [0.1, 0.15) is 0 Å². The van der Waals surface area contributed by atoms with Crippen molar-refractivity contribution in [3.05, 3.63) is 35.4 Å². The van der Waals surface area contributed by atoms with E-state index in [1.165, 1.54) is 5.56 Å². The Hall–Kier alpha value is -0.820. The molecule has 0 saturated heterocycles. The van der Waals surface area contributed by atoms with Crippen LogP contribution in [0.2, 0.25) is 0 Å². The number of alkyl halides is 1. The molecule has 0 bridgehead atoms. The van der Waals surface area contributed by atoms with Crippen LogP contribution in [-0.4, -0.2) is 11.7 Å². The topological polar surface area (TPSA) is 17.1 Å². The number of halogens is 1. The maximum atomic E-state index is 11.6. The van der Waals surface area contributed by atoms with Gasteiger partial charge in [0.25, 0.3) is 0 Å². The minimum Gasteiger partial charge on any atom is -0.294 e. The first kappa shape index (κ1) is 12.3. The van der Waals surface area contributed by atoms with Crippen molar-refractivity contribution in [1.82, 2.24) is 0 Å². The van der Waals surface area contributed by atoms with E-state index in [0.717, 1.165) is 12.0 Å². The van der Waals surface area contributed by atoms with Crippen LogP contribution in [0.1, 0.15) is 48.5 Å². The second kappa shape index (κ2) is 5.92. The van der Waals surface area contributed by atoms with E-state index in [9.17, 15) is 4.79 Å². The Bertz CT molecular complexity index is 314. The van der Waals surface area contributed by atoms with Crippen molar-refractivity contribution < 1.29 is 4.79 Å². The third kappa shape index (κ3) is 3.67. The zero-order valence-electron chi connectivity index (χ0n) is 9.29. The van der Waals surface area contributed by atoms with Crippen molar-refractivity contribution in [2.45, 2.75) is 32.6 Å². The quantitative estimate of drug-likeness (QED) is 0.546. The molecule has 0 radical (unpaired) electrons. The van der Waals surface area contributed by atoms with Crippen LogP contribution in [0.25, 0.3) is 0 Å². The van der Waals surface area contributed by atoms with Crippen molar-refractivity contribution in [3.63, 3.8) is 0 Å². The average molecular weight is 225 g/mol. The molecule has 0 heterocycles. The van der Waals surface area contributed by atoms with Gasteiger partial charge in [0.2, 0.25) is 0 Å². The molecule has 0 N–H and O–H groups in total. The molecule has 15 heavy (non-hydrogen) atoms. The SMILES string of the molecule is CC(C)c1ccc(C(=O)CCCCl)cc1. The summed E-state index contributed by atoms with van der Waals surface area (Å²) in [4.78, 5) is 11.6. The van der Waals surface area contributed by atoms with E-state index < -0.39 is 0 Å². The van der Waals surface area contributed by atoms with E-state index in [2.05, 4.69) is 13.8 Å². The highest BCUT2D eigenvalue weighted by Crippen LogP contribution is 2.15. The monoisotopic (exact) mass is 224 g/mol. The van der Waals surface area contributed by atoms with Gasteiger partial charge in [0, 0.05) is 17.9 Å². The molecule has 0 atom stereocenters. The Morgan fingerprint density at radius 2 is 1.87 bits per heavy atom. The lowest BCUT2D eigenvalue weighted by atomic mass is 9.99. The number of ketones is 1. The second-order valence-electron chi connectivity index (χ2n) is 3.99. The fraction of sp³-hybridized carbons (Fsp3) is 0.462. The van der Waals surface area contributed by atoms with Gasteiger partial charge < -0.3 is 0 Å². The summed E-state index contributed by atoms with van der Waals surface area (Å²) in [6, 6.07) is 7.87. The Labute approximate surface area is 96.5 Å². The summed E-state index contributed by atoms with van der Waals surface area (Å²) in [5.41, 5.74) is 2.06. The minimum absolute atomic E-state index is 0.186. The molecule has 0 aliphatic heterocycles. The van der Waals surface area contributed by atoms with E-state index in [1.807, 2.05) is 24.3 Å². The Balaban J connectivity index is 2.67. The number of rotatable bonds is 5. The van der Waals surface area contributed by atoms with E-state index in [4.69, 9.17) is 11.6 Å². The van der Waals surface area contributed by atoms with Crippen molar-refractivity contribution >= 4 is 17.4 Å². The van der Waals surface area contributed by atoms with Crippen LogP contribution in [0.15, 0.2) is 24.3 Å². The third-order valence-corrected chi connectivity index (χ3v) is 2.70. The average Bonchev–Trinajstić information content (AvgIpc) is 2.26. The molecule has 0 aliphatic rings. The summed E-state index contributed by atoms with van der Waals surface area (Å²) in [5.74, 6) is 1.25. The molecule has 1 nitrogen and oxygen atoms in total. The highest BCUT2D eigenvalue weighted by molar-refractivity contribution is 6.18. The lowest BCUT2D eigenvalue weighted by molar-refractivity contribution is 0.0982. The van der Waals surface area contributed by atoms with Crippen molar-refractivity contribution in [2.24, 2.45) is 0 Å². The summed E-state index contributed by atoms with van der Waals surface area (Å²) in [7, 11) is 0. The van der Waals surface area contributed by atoms with Gasteiger partial charge in [0.15, 0.2) is 5.78 Å². The lowest BCUT2D eigenvalue weighted by Gasteiger charge is -2.06. The van der Waals surface area contributed by atoms with Gasteiger partial charge in [-0.1, -0.05) is 38.1 Å². The van der Waals surface area contributed by atoms with Crippen molar-refractivity contribution in [2.75, 3.05) is 5.88 Å². The van der Waals surface area contributed by atoms with Crippen LogP contribution in [0, 0.1) is 0 Å². The molecule has 0 spiro atoms. The standard InChI is InChI=1S/C13H17ClO/c1-10(2)11-5-7-12(8-6-11)13(15)4-3-9-14/h5-8,10H,3-4,9H2,1-2H3. The van der Waals surface area contributed by atoms with Gasteiger partial charge in [0.05, 0.1) is 0 Å². The maximum Gasteiger partial charge on any atom is 0.162 e. The number of carbonyl (C=O) groups is 1. The van der Waals surface area contributed by atoms with Crippen LogP contribution in [0.5, 0.6) is 0 Å². The molecule has 0 fully saturated rings. The summed E-state index contributed by atoms with van der Waals surface area (Å²) in [6.45, 7) is 4.29. The fourth-order valence-corrected chi connectivity index (χ4v) is 1.56. The Morgan fingerprint density at radius 1 is 1.27 bits per heavy atom. The summed E-state index contributed by atoms with van der Waals surface area (Å²) < 4.78 is 0. The number of hydrogen-bond acceptors (Lipinski definition) is 1. The summed E-state index contributed by atoms with van der Waals surface area (Å²) in [6.07, 6.45) is 1.30. The Kier molecular flexibility index (Phi) is 4.83. The predicted molar refractivity (Wildman–Crippen MR) is 64.8 cm³/mol. The van der Waals surface area contributed by atoms with Gasteiger partial charge in [-0.15, -0.1) is 11.6 Å².